The molecule has 0 saturated heterocycles. The average Bonchev–Trinajstić information content (AvgIpc) is 3.50. The number of hydrogen-bond donors (Lipinski definition) is 0. The molecule has 0 fully saturated rings. The van der Waals surface area contributed by atoms with E-state index >= 15 is 0 Å². The number of para-hydroxylation sites is 1. The van der Waals surface area contributed by atoms with Crippen molar-refractivity contribution in [1.29, 1.82) is 0 Å². The molecule has 0 unspecified atom stereocenters. The highest BCUT2D eigenvalue weighted by Crippen LogP contribution is 2.43. The van der Waals surface area contributed by atoms with Crippen molar-refractivity contribution in [3.8, 4) is 39.1 Å². The highest BCUT2D eigenvalue weighted by atomic mass is 15.0. The van der Waals surface area contributed by atoms with Crippen molar-refractivity contribution in [3.05, 3.63) is 175 Å². The molecule has 0 atom stereocenters. The Hall–Kier alpha value is -6.18. The molecule has 248 valence electrons. The molecule has 0 aliphatic heterocycles. The van der Waals surface area contributed by atoms with Crippen LogP contribution in [0.1, 0.15) is 31.9 Å². The highest BCUT2D eigenvalue weighted by Gasteiger charge is 2.18. The van der Waals surface area contributed by atoms with Gasteiger partial charge in [-0.1, -0.05) is 166 Å². The molecule has 0 radical (unpaired) electrons. The number of hydrogen-bond acceptors (Lipinski definition) is 0. The van der Waals surface area contributed by atoms with Gasteiger partial charge in [-0.15, -0.1) is 0 Å². The summed E-state index contributed by atoms with van der Waals surface area (Å²) < 4.78 is 2.43. The fraction of sp³-hybridized carbons (Fsp3) is 0.0980. The molecule has 1 heterocycles. The maximum atomic E-state index is 2.43. The van der Waals surface area contributed by atoms with E-state index in [1.54, 1.807) is 0 Å². The van der Waals surface area contributed by atoms with Crippen molar-refractivity contribution in [2.75, 3.05) is 0 Å². The lowest BCUT2D eigenvalue weighted by Crippen LogP contribution is -2.10. The normalized spacial score (nSPS) is 12.2. The minimum atomic E-state index is 0.129. The van der Waals surface area contributed by atoms with Crippen LogP contribution in [0.4, 0.5) is 0 Å². The Morgan fingerprint density at radius 2 is 0.904 bits per heavy atom. The summed E-state index contributed by atoms with van der Waals surface area (Å²) in [5, 5.41) is 10.4. The lowest BCUT2D eigenvalue weighted by atomic mass is 9.86. The first-order valence-electron chi connectivity index (χ1n) is 18.3. The lowest BCUT2D eigenvalue weighted by Gasteiger charge is -2.19. The molecular weight excluding hydrogens is 627 g/mol. The Morgan fingerprint density at radius 3 is 1.52 bits per heavy atom. The van der Waals surface area contributed by atoms with Crippen LogP contribution >= 0.6 is 0 Å². The number of fused-ring (bicyclic) bond motifs is 3. The molecule has 0 N–H and O–H groups in total. The van der Waals surface area contributed by atoms with Crippen molar-refractivity contribution in [3.63, 3.8) is 0 Å². The summed E-state index contributed by atoms with van der Waals surface area (Å²) in [6, 6.07) is 61.3. The first kappa shape index (κ1) is 30.6. The SMILES string of the molecule is Cc1ccc(-c2ccc3ccc4c(-c5ccc(-n6c7ccccc7c7ccc(-c8ccc(C(C)(C)C)cc8)cc76)cc5)ccc5ccc2c3c54)cc1. The molecule has 1 heteroatoms. The van der Waals surface area contributed by atoms with E-state index in [9.17, 15) is 0 Å². The molecule has 0 saturated carbocycles. The third-order valence-electron chi connectivity index (χ3n) is 11.2. The van der Waals surface area contributed by atoms with Crippen LogP contribution in [0.3, 0.4) is 0 Å². The molecule has 0 aliphatic rings. The predicted molar refractivity (Wildman–Crippen MR) is 224 cm³/mol. The maximum Gasteiger partial charge on any atom is 0.0547 e. The fourth-order valence-corrected chi connectivity index (χ4v) is 8.42. The van der Waals surface area contributed by atoms with Gasteiger partial charge in [0.2, 0.25) is 0 Å². The monoisotopic (exact) mass is 665 g/mol. The average molecular weight is 666 g/mol. The van der Waals surface area contributed by atoms with Gasteiger partial charge in [-0.05, 0) is 108 Å². The van der Waals surface area contributed by atoms with E-state index < -0.39 is 0 Å². The second-order valence-corrected chi connectivity index (χ2v) is 15.5. The molecule has 0 amide bonds. The van der Waals surface area contributed by atoms with Gasteiger partial charge in [0.15, 0.2) is 0 Å². The van der Waals surface area contributed by atoms with Gasteiger partial charge in [0.25, 0.3) is 0 Å². The van der Waals surface area contributed by atoms with Crippen LogP contribution in [-0.4, -0.2) is 4.57 Å². The van der Waals surface area contributed by atoms with Crippen molar-refractivity contribution < 1.29 is 0 Å². The zero-order valence-corrected chi connectivity index (χ0v) is 30.0. The molecule has 10 aromatic rings. The van der Waals surface area contributed by atoms with Gasteiger partial charge in [-0.2, -0.15) is 0 Å². The van der Waals surface area contributed by atoms with Crippen LogP contribution in [-0.2, 0) is 5.41 Å². The van der Waals surface area contributed by atoms with Crippen molar-refractivity contribution >= 4 is 54.1 Å². The largest absolute Gasteiger partial charge is 0.309 e. The van der Waals surface area contributed by atoms with Crippen molar-refractivity contribution in [2.45, 2.75) is 33.1 Å². The quantitative estimate of drug-likeness (QED) is 0.165. The summed E-state index contributed by atoms with van der Waals surface area (Å²) in [6.07, 6.45) is 0. The highest BCUT2D eigenvalue weighted by molar-refractivity contribution is 6.27. The zero-order valence-electron chi connectivity index (χ0n) is 30.0. The number of aryl methyl sites for hydroxylation is 1. The number of aromatic nitrogens is 1. The summed E-state index contributed by atoms with van der Waals surface area (Å²) in [4.78, 5) is 0. The van der Waals surface area contributed by atoms with Crippen LogP contribution in [0.25, 0.3) is 93.2 Å². The molecule has 1 aromatic heterocycles. The summed E-state index contributed by atoms with van der Waals surface area (Å²) in [5.74, 6) is 0. The van der Waals surface area contributed by atoms with E-state index in [4.69, 9.17) is 0 Å². The Labute approximate surface area is 304 Å². The molecule has 0 spiro atoms. The molecule has 10 rings (SSSR count). The molecule has 0 aliphatic carbocycles. The van der Waals surface area contributed by atoms with Crippen LogP contribution in [0.5, 0.6) is 0 Å². The maximum absolute atomic E-state index is 2.43. The number of nitrogens with zero attached hydrogens (tertiary/aromatic N) is 1. The standard InChI is InChI=1S/C51H39N/c1-32-9-11-34(12-10-32)41-26-17-36-20-30-46-42(27-18-37-19-29-45(41)49(36)50(37)46)35-15-24-40(25-16-35)52-47-8-6-5-7-43(47)44-28-21-38(31-48(44)52)33-13-22-39(23-14-33)51(2,3)4/h5-31H,1-4H3. The van der Waals surface area contributed by atoms with Gasteiger partial charge in [0, 0.05) is 16.5 Å². The topological polar surface area (TPSA) is 4.93 Å². The first-order chi connectivity index (χ1) is 25.3. The number of benzene rings is 9. The molecule has 0 bridgehead atoms. The summed E-state index contributed by atoms with van der Waals surface area (Å²) in [5.41, 5.74) is 13.9. The smallest absolute Gasteiger partial charge is 0.0547 e. The third-order valence-corrected chi connectivity index (χ3v) is 11.2. The Bertz CT molecular complexity index is 2950. The minimum Gasteiger partial charge on any atom is -0.309 e. The summed E-state index contributed by atoms with van der Waals surface area (Å²) in [6.45, 7) is 8.95. The number of rotatable bonds is 4. The molecule has 1 nitrogen and oxygen atoms in total. The van der Waals surface area contributed by atoms with E-state index in [1.165, 1.54) is 98.6 Å². The fourth-order valence-electron chi connectivity index (χ4n) is 8.42. The summed E-state index contributed by atoms with van der Waals surface area (Å²) in [7, 11) is 0. The third kappa shape index (κ3) is 4.77. The second-order valence-electron chi connectivity index (χ2n) is 15.5. The Balaban J connectivity index is 1.10. The van der Waals surface area contributed by atoms with E-state index in [0.717, 1.165) is 5.69 Å². The minimum absolute atomic E-state index is 0.129. The van der Waals surface area contributed by atoms with Gasteiger partial charge >= 0.3 is 0 Å². The zero-order chi connectivity index (χ0) is 35.1. The molecular formula is C51H39N. The van der Waals surface area contributed by atoms with Crippen LogP contribution in [0.15, 0.2) is 164 Å². The van der Waals surface area contributed by atoms with E-state index in [-0.39, 0.29) is 5.41 Å². The van der Waals surface area contributed by atoms with Gasteiger partial charge in [0.1, 0.15) is 0 Å². The molecule has 52 heavy (non-hydrogen) atoms. The van der Waals surface area contributed by atoms with Crippen molar-refractivity contribution in [2.24, 2.45) is 0 Å². The molecule has 9 aromatic carbocycles. The van der Waals surface area contributed by atoms with Crippen LogP contribution in [0.2, 0.25) is 0 Å². The predicted octanol–water partition coefficient (Wildman–Crippen LogP) is 14.3. The second kappa shape index (κ2) is 11.4. The van der Waals surface area contributed by atoms with Crippen LogP contribution in [0, 0.1) is 6.92 Å². The van der Waals surface area contributed by atoms with Crippen LogP contribution < -0.4 is 0 Å². The Morgan fingerprint density at radius 1 is 0.404 bits per heavy atom. The van der Waals surface area contributed by atoms with Gasteiger partial charge < -0.3 is 4.57 Å². The van der Waals surface area contributed by atoms with Gasteiger partial charge in [0.05, 0.1) is 11.0 Å². The summed E-state index contributed by atoms with van der Waals surface area (Å²) >= 11 is 0. The van der Waals surface area contributed by atoms with Crippen molar-refractivity contribution in [1.82, 2.24) is 4.57 Å². The van der Waals surface area contributed by atoms with E-state index in [0.29, 0.717) is 0 Å². The lowest BCUT2D eigenvalue weighted by molar-refractivity contribution is 0.590. The first-order valence-corrected chi connectivity index (χ1v) is 18.3. The van der Waals surface area contributed by atoms with Gasteiger partial charge in [-0.3, -0.25) is 0 Å². The van der Waals surface area contributed by atoms with E-state index in [1.807, 2.05) is 0 Å². The van der Waals surface area contributed by atoms with Gasteiger partial charge in [-0.25, -0.2) is 0 Å². The van der Waals surface area contributed by atoms with E-state index in [2.05, 4.69) is 196 Å². The Kier molecular flexibility index (Phi) is 6.73.